The molecule has 0 heterocycles. The molecule has 4 aromatic carbocycles. The molecule has 0 unspecified atom stereocenters. The number of ether oxygens (including phenoxy) is 3. The number of aromatic hydroxyl groups is 3. The van der Waals surface area contributed by atoms with Crippen LogP contribution in [0.5, 0.6) is 34.5 Å². The zero-order valence-corrected chi connectivity index (χ0v) is 25.6. The standard InChI is InChI=1S/C35H35ClO8/c1-4-5-23-14-29(34(41)20-43-27-12-8-25(36)9-13-27)35(17-31(23)38)44-18-24-15-28(32(39)16-30(24)37)33(40)19-42-26-10-6-22(7-11-26)21(2)3/h6-17,21,37-39H,4-5,18-20H2,1-3H3. The van der Waals surface area contributed by atoms with E-state index in [-0.39, 0.29) is 53.8 Å². The van der Waals surface area contributed by atoms with Crippen molar-refractivity contribution in [1.82, 2.24) is 0 Å². The van der Waals surface area contributed by atoms with E-state index in [4.69, 9.17) is 25.8 Å². The number of aryl methyl sites for hydroxylation is 1. The second kappa shape index (κ2) is 14.7. The number of phenolic OH excluding ortho intramolecular Hbond substituents is 3. The summed E-state index contributed by atoms with van der Waals surface area (Å²) in [5, 5.41) is 32.0. The maximum atomic E-state index is 13.2. The van der Waals surface area contributed by atoms with Crippen LogP contribution in [0.3, 0.4) is 0 Å². The monoisotopic (exact) mass is 618 g/mol. The van der Waals surface area contributed by atoms with Crippen molar-refractivity contribution in [2.45, 2.75) is 46.1 Å². The molecular formula is C35H35ClO8. The van der Waals surface area contributed by atoms with Gasteiger partial charge in [-0.25, -0.2) is 0 Å². The summed E-state index contributed by atoms with van der Waals surface area (Å²) in [5.74, 6) is -0.266. The van der Waals surface area contributed by atoms with Crippen LogP contribution < -0.4 is 14.2 Å². The zero-order valence-electron chi connectivity index (χ0n) is 24.8. The molecule has 9 heteroatoms. The van der Waals surface area contributed by atoms with Crippen LogP contribution in [0.2, 0.25) is 5.02 Å². The second-order valence-electron chi connectivity index (χ2n) is 10.6. The minimum Gasteiger partial charge on any atom is -0.508 e. The maximum Gasteiger partial charge on any atom is 0.203 e. The summed E-state index contributed by atoms with van der Waals surface area (Å²) >= 11 is 5.92. The van der Waals surface area contributed by atoms with E-state index in [0.29, 0.717) is 34.4 Å². The number of carbonyl (C=O) groups excluding carboxylic acids is 2. The highest BCUT2D eigenvalue weighted by molar-refractivity contribution is 6.30. The molecule has 4 rings (SSSR count). The fraction of sp³-hybridized carbons (Fsp3) is 0.257. The van der Waals surface area contributed by atoms with Crippen LogP contribution in [-0.4, -0.2) is 40.1 Å². The smallest absolute Gasteiger partial charge is 0.203 e. The number of phenols is 3. The molecule has 0 spiro atoms. The lowest BCUT2D eigenvalue weighted by molar-refractivity contribution is 0.0911. The second-order valence-corrected chi connectivity index (χ2v) is 11.1. The van der Waals surface area contributed by atoms with Crippen LogP contribution in [-0.2, 0) is 13.0 Å². The molecule has 0 atom stereocenters. The fourth-order valence-electron chi connectivity index (χ4n) is 4.47. The van der Waals surface area contributed by atoms with Gasteiger partial charge in [0.15, 0.2) is 13.2 Å². The first-order valence-corrected chi connectivity index (χ1v) is 14.6. The normalized spacial score (nSPS) is 10.9. The van der Waals surface area contributed by atoms with E-state index in [1.165, 1.54) is 12.1 Å². The minimum atomic E-state index is -0.506. The SMILES string of the molecule is CCCc1cc(C(=O)COc2ccc(Cl)cc2)c(OCc2cc(C(=O)COc3ccc(C(C)C)cc3)c(O)cc2O)cc1O. The number of hydrogen-bond acceptors (Lipinski definition) is 8. The summed E-state index contributed by atoms with van der Waals surface area (Å²) < 4.78 is 17.2. The van der Waals surface area contributed by atoms with Crippen LogP contribution in [0.1, 0.15) is 70.5 Å². The maximum absolute atomic E-state index is 13.2. The van der Waals surface area contributed by atoms with Crippen molar-refractivity contribution in [3.63, 3.8) is 0 Å². The van der Waals surface area contributed by atoms with Gasteiger partial charge in [-0.15, -0.1) is 0 Å². The van der Waals surface area contributed by atoms with E-state index in [1.807, 2.05) is 19.1 Å². The quantitative estimate of drug-likeness (QED) is 0.123. The molecule has 3 N–H and O–H groups in total. The molecule has 44 heavy (non-hydrogen) atoms. The summed E-state index contributed by atoms with van der Waals surface area (Å²) in [6, 6.07) is 19.3. The Labute approximate surface area is 261 Å². The van der Waals surface area contributed by atoms with Crippen LogP contribution in [0.25, 0.3) is 0 Å². The topological polar surface area (TPSA) is 123 Å². The molecule has 0 fully saturated rings. The predicted octanol–water partition coefficient (Wildman–Crippen LogP) is 7.64. The first-order chi connectivity index (χ1) is 21.0. The molecule has 8 nitrogen and oxygen atoms in total. The van der Waals surface area contributed by atoms with E-state index in [2.05, 4.69) is 13.8 Å². The van der Waals surface area contributed by atoms with Crippen molar-refractivity contribution < 1.29 is 39.1 Å². The number of rotatable bonds is 14. The van der Waals surface area contributed by atoms with E-state index in [9.17, 15) is 24.9 Å². The molecule has 0 aliphatic rings. The molecule has 4 aromatic rings. The van der Waals surface area contributed by atoms with Gasteiger partial charge in [0.25, 0.3) is 0 Å². The van der Waals surface area contributed by atoms with Gasteiger partial charge in [0.05, 0.1) is 11.1 Å². The molecule has 0 radical (unpaired) electrons. The number of carbonyl (C=O) groups is 2. The summed E-state index contributed by atoms with van der Waals surface area (Å²) in [4.78, 5) is 26.2. The van der Waals surface area contributed by atoms with Gasteiger partial charge in [-0.3, -0.25) is 9.59 Å². The Bertz CT molecular complexity index is 1610. The summed E-state index contributed by atoms with van der Waals surface area (Å²) in [5.41, 5.74) is 2.02. The van der Waals surface area contributed by atoms with E-state index >= 15 is 0 Å². The predicted molar refractivity (Wildman–Crippen MR) is 168 cm³/mol. The Morgan fingerprint density at radius 1 is 0.705 bits per heavy atom. The molecule has 0 saturated carbocycles. The molecule has 230 valence electrons. The Hall–Kier alpha value is -4.69. The van der Waals surface area contributed by atoms with Crippen molar-refractivity contribution in [3.05, 3.63) is 106 Å². The van der Waals surface area contributed by atoms with E-state index in [0.717, 1.165) is 18.1 Å². The zero-order chi connectivity index (χ0) is 31.8. The van der Waals surface area contributed by atoms with Gasteiger partial charge in [-0.1, -0.05) is 50.9 Å². The van der Waals surface area contributed by atoms with Gasteiger partial charge >= 0.3 is 0 Å². The summed E-state index contributed by atoms with van der Waals surface area (Å²) in [6.07, 6.45) is 1.28. The highest BCUT2D eigenvalue weighted by Crippen LogP contribution is 2.33. The first-order valence-electron chi connectivity index (χ1n) is 14.3. The van der Waals surface area contributed by atoms with Crippen molar-refractivity contribution >= 4 is 23.2 Å². The lowest BCUT2D eigenvalue weighted by Crippen LogP contribution is -2.14. The number of benzene rings is 4. The van der Waals surface area contributed by atoms with E-state index in [1.54, 1.807) is 42.5 Å². The third kappa shape index (κ3) is 8.23. The molecule has 0 amide bonds. The highest BCUT2D eigenvalue weighted by Gasteiger charge is 2.20. The van der Waals surface area contributed by atoms with Gasteiger partial charge in [-0.2, -0.15) is 0 Å². The Kier molecular flexibility index (Phi) is 10.7. The number of hydrogen-bond donors (Lipinski definition) is 3. The van der Waals surface area contributed by atoms with Crippen molar-refractivity contribution in [3.8, 4) is 34.5 Å². The summed E-state index contributed by atoms with van der Waals surface area (Å²) in [7, 11) is 0. The van der Waals surface area contributed by atoms with Crippen molar-refractivity contribution in [2.75, 3.05) is 13.2 Å². The minimum absolute atomic E-state index is 0.0404. The van der Waals surface area contributed by atoms with Crippen LogP contribution in [0.4, 0.5) is 0 Å². The third-order valence-electron chi connectivity index (χ3n) is 6.98. The third-order valence-corrected chi connectivity index (χ3v) is 7.23. The first kappa shape index (κ1) is 32.2. The summed E-state index contributed by atoms with van der Waals surface area (Å²) in [6.45, 7) is 5.21. The Balaban J connectivity index is 1.50. The molecule has 0 aliphatic heterocycles. The van der Waals surface area contributed by atoms with Gasteiger partial charge in [0, 0.05) is 22.7 Å². The fourth-order valence-corrected chi connectivity index (χ4v) is 4.60. The van der Waals surface area contributed by atoms with Crippen LogP contribution in [0.15, 0.2) is 72.8 Å². The number of halogens is 1. The number of Topliss-reactive ketones (excluding diaryl/α,β-unsaturated/α-hetero) is 2. The molecule has 0 bridgehead atoms. The molecular weight excluding hydrogens is 584 g/mol. The average molecular weight is 619 g/mol. The molecule has 0 saturated heterocycles. The highest BCUT2D eigenvalue weighted by atomic mass is 35.5. The lowest BCUT2D eigenvalue weighted by Gasteiger charge is -2.16. The van der Waals surface area contributed by atoms with Gasteiger partial charge in [0.2, 0.25) is 11.6 Å². The Morgan fingerprint density at radius 3 is 1.84 bits per heavy atom. The Morgan fingerprint density at radius 2 is 1.25 bits per heavy atom. The van der Waals surface area contributed by atoms with Gasteiger partial charge in [-0.05, 0) is 72.0 Å². The molecule has 0 aliphatic carbocycles. The van der Waals surface area contributed by atoms with Gasteiger partial charge in [0.1, 0.15) is 41.1 Å². The van der Waals surface area contributed by atoms with E-state index < -0.39 is 17.3 Å². The lowest BCUT2D eigenvalue weighted by atomic mass is 10.0. The number of ketones is 2. The van der Waals surface area contributed by atoms with Gasteiger partial charge < -0.3 is 29.5 Å². The van der Waals surface area contributed by atoms with Crippen molar-refractivity contribution in [1.29, 1.82) is 0 Å². The van der Waals surface area contributed by atoms with Crippen LogP contribution >= 0.6 is 11.6 Å². The largest absolute Gasteiger partial charge is 0.508 e. The average Bonchev–Trinajstić information content (AvgIpc) is 3.00. The molecule has 0 aromatic heterocycles. The van der Waals surface area contributed by atoms with Crippen molar-refractivity contribution in [2.24, 2.45) is 0 Å². The van der Waals surface area contributed by atoms with Crippen LogP contribution in [0, 0.1) is 0 Å².